The molecule has 0 spiro atoms. The minimum Gasteiger partial charge on any atom is -0.316 e. The van der Waals surface area contributed by atoms with Crippen LogP contribution in [0.5, 0.6) is 0 Å². The number of alkyl halides is 3. The molecular formula is C5H8F3NO. The highest BCUT2D eigenvalue weighted by Crippen LogP contribution is 2.18. The number of hydrogen-bond donors (Lipinski definition) is 1. The fourth-order valence-corrected chi connectivity index (χ4v) is 0.679. The van der Waals surface area contributed by atoms with E-state index < -0.39 is 6.36 Å². The quantitative estimate of drug-likeness (QED) is 0.635. The normalized spacial score (nSPS) is 20.7. The predicted octanol–water partition coefficient (Wildman–Crippen LogP) is 0.742. The highest BCUT2D eigenvalue weighted by Gasteiger charge is 2.31. The summed E-state index contributed by atoms with van der Waals surface area (Å²) >= 11 is 0. The summed E-state index contributed by atoms with van der Waals surface area (Å²) in [6.45, 7) is 1.06. The molecule has 1 aliphatic heterocycles. The van der Waals surface area contributed by atoms with Crippen molar-refractivity contribution in [1.82, 2.24) is 5.32 Å². The Kier molecular flexibility index (Phi) is 2.15. The minimum absolute atomic E-state index is 0.0432. The molecule has 0 aromatic carbocycles. The van der Waals surface area contributed by atoms with Crippen molar-refractivity contribution in [2.75, 3.05) is 19.7 Å². The van der Waals surface area contributed by atoms with Crippen molar-refractivity contribution in [2.24, 2.45) is 5.92 Å². The first kappa shape index (κ1) is 7.81. The Balaban J connectivity index is 2.04. The molecule has 10 heavy (non-hydrogen) atoms. The van der Waals surface area contributed by atoms with E-state index in [1.807, 2.05) is 0 Å². The first-order valence-electron chi connectivity index (χ1n) is 2.99. The van der Waals surface area contributed by atoms with Crippen LogP contribution in [0.25, 0.3) is 0 Å². The number of halogens is 3. The monoisotopic (exact) mass is 155 g/mol. The molecule has 0 atom stereocenters. The molecule has 0 aliphatic carbocycles. The molecule has 5 heteroatoms. The van der Waals surface area contributed by atoms with Crippen LogP contribution in [0, 0.1) is 5.92 Å². The predicted molar refractivity (Wildman–Crippen MR) is 28.4 cm³/mol. The summed E-state index contributed by atoms with van der Waals surface area (Å²) in [5.74, 6) is 0.0432. The van der Waals surface area contributed by atoms with Crippen LogP contribution < -0.4 is 5.32 Å². The average Bonchev–Trinajstić information content (AvgIpc) is 1.56. The van der Waals surface area contributed by atoms with Crippen LogP contribution in [0.3, 0.4) is 0 Å². The topological polar surface area (TPSA) is 21.3 Å². The molecule has 0 radical (unpaired) electrons. The van der Waals surface area contributed by atoms with Crippen LogP contribution in [0.1, 0.15) is 0 Å². The van der Waals surface area contributed by atoms with Gasteiger partial charge >= 0.3 is 6.36 Å². The van der Waals surface area contributed by atoms with Crippen molar-refractivity contribution in [3.05, 3.63) is 0 Å². The molecule has 60 valence electrons. The van der Waals surface area contributed by atoms with Gasteiger partial charge in [-0.2, -0.15) is 0 Å². The van der Waals surface area contributed by atoms with E-state index in [1.54, 1.807) is 0 Å². The van der Waals surface area contributed by atoms with Gasteiger partial charge in [0, 0.05) is 19.0 Å². The van der Waals surface area contributed by atoms with E-state index in [1.165, 1.54) is 0 Å². The molecule has 0 aromatic heterocycles. The van der Waals surface area contributed by atoms with Crippen LogP contribution in [0.15, 0.2) is 0 Å². The second-order valence-electron chi connectivity index (χ2n) is 2.28. The second kappa shape index (κ2) is 2.75. The SMILES string of the molecule is FC(F)(F)OCC1CNC1. The zero-order chi connectivity index (χ0) is 7.61. The van der Waals surface area contributed by atoms with Gasteiger partial charge < -0.3 is 5.32 Å². The highest BCUT2D eigenvalue weighted by atomic mass is 19.4. The highest BCUT2D eigenvalue weighted by molar-refractivity contribution is 4.73. The van der Waals surface area contributed by atoms with Crippen molar-refractivity contribution in [3.63, 3.8) is 0 Å². The van der Waals surface area contributed by atoms with Gasteiger partial charge in [0.2, 0.25) is 0 Å². The lowest BCUT2D eigenvalue weighted by molar-refractivity contribution is -0.329. The molecule has 1 rings (SSSR count). The van der Waals surface area contributed by atoms with Gasteiger partial charge in [-0.05, 0) is 0 Å². The summed E-state index contributed by atoms with van der Waals surface area (Å²) in [5.41, 5.74) is 0. The molecule has 0 amide bonds. The van der Waals surface area contributed by atoms with Gasteiger partial charge in [0.1, 0.15) is 0 Å². The summed E-state index contributed by atoms with van der Waals surface area (Å²) in [4.78, 5) is 0. The van der Waals surface area contributed by atoms with Crippen molar-refractivity contribution in [3.8, 4) is 0 Å². The third-order valence-electron chi connectivity index (χ3n) is 1.35. The Morgan fingerprint density at radius 2 is 2.00 bits per heavy atom. The molecule has 0 unspecified atom stereocenters. The van der Waals surface area contributed by atoms with E-state index >= 15 is 0 Å². The molecule has 0 aromatic rings. The Labute approximate surface area is 56.4 Å². The second-order valence-corrected chi connectivity index (χ2v) is 2.28. The lowest BCUT2D eigenvalue weighted by Gasteiger charge is -2.26. The van der Waals surface area contributed by atoms with Crippen LogP contribution in [0.4, 0.5) is 13.2 Å². The first-order valence-corrected chi connectivity index (χ1v) is 2.99. The summed E-state index contributed by atoms with van der Waals surface area (Å²) in [7, 11) is 0. The third kappa shape index (κ3) is 2.53. The lowest BCUT2D eigenvalue weighted by Crippen LogP contribution is -2.45. The molecule has 0 bridgehead atoms. The first-order chi connectivity index (χ1) is 4.58. The summed E-state index contributed by atoms with van der Waals surface area (Å²) < 4.78 is 37.6. The van der Waals surface area contributed by atoms with Gasteiger partial charge in [-0.15, -0.1) is 13.2 Å². The Bertz CT molecular complexity index is 110. The summed E-state index contributed by atoms with van der Waals surface area (Å²) in [6, 6.07) is 0. The van der Waals surface area contributed by atoms with E-state index in [9.17, 15) is 13.2 Å². The maximum absolute atomic E-state index is 11.3. The third-order valence-corrected chi connectivity index (χ3v) is 1.35. The van der Waals surface area contributed by atoms with Gasteiger partial charge in [0.05, 0.1) is 6.61 Å². The molecule has 1 saturated heterocycles. The van der Waals surface area contributed by atoms with E-state index in [2.05, 4.69) is 10.1 Å². The zero-order valence-corrected chi connectivity index (χ0v) is 5.24. The molecule has 1 aliphatic rings. The lowest BCUT2D eigenvalue weighted by atomic mass is 10.1. The van der Waals surface area contributed by atoms with E-state index in [-0.39, 0.29) is 12.5 Å². The van der Waals surface area contributed by atoms with Crippen LogP contribution in [0.2, 0.25) is 0 Å². The summed E-state index contributed by atoms with van der Waals surface area (Å²) in [5, 5.41) is 2.85. The van der Waals surface area contributed by atoms with E-state index in [0.29, 0.717) is 13.1 Å². The molecule has 1 N–H and O–H groups in total. The van der Waals surface area contributed by atoms with Crippen LogP contribution >= 0.6 is 0 Å². The molecule has 2 nitrogen and oxygen atoms in total. The van der Waals surface area contributed by atoms with E-state index in [4.69, 9.17) is 0 Å². The smallest absolute Gasteiger partial charge is 0.316 e. The fraction of sp³-hybridized carbons (Fsp3) is 1.00. The maximum Gasteiger partial charge on any atom is 0.522 e. The number of rotatable bonds is 2. The molecule has 0 saturated carbocycles. The fourth-order valence-electron chi connectivity index (χ4n) is 0.679. The van der Waals surface area contributed by atoms with Crippen LogP contribution in [-0.4, -0.2) is 26.1 Å². The van der Waals surface area contributed by atoms with Gasteiger partial charge in [0.25, 0.3) is 0 Å². The standard InChI is InChI=1S/C5H8F3NO/c6-5(7,8)10-3-4-1-9-2-4/h4,9H,1-3H2. The Morgan fingerprint density at radius 1 is 1.40 bits per heavy atom. The molecular weight excluding hydrogens is 147 g/mol. The van der Waals surface area contributed by atoms with Gasteiger partial charge in [0.15, 0.2) is 0 Å². The van der Waals surface area contributed by atoms with Gasteiger partial charge in [-0.1, -0.05) is 0 Å². The number of hydrogen-bond acceptors (Lipinski definition) is 2. The summed E-state index contributed by atoms with van der Waals surface area (Å²) in [6.07, 6.45) is -4.46. The Morgan fingerprint density at radius 3 is 2.30 bits per heavy atom. The number of ether oxygens (including phenoxy) is 1. The van der Waals surface area contributed by atoms with Gasteiger partial charge in [-0.3, -0.25) is 4.74 Å². The molecule has 1 fully saturated rings. The van der Waals surface area contributed by atoms with Crippen molar-refractivity contribution in [2.45, 2.75) is 6.36 Å². The number of nitrogens with one attached hydrogen (secondary N) is 1. The minimum atomic E-state index is -4.46. The van der Waals surface area contributed by atoms with Crippen molar-refractivity contribution < 1.29 is 17.9 Å². The van der Waals surface area contributed by atoms with Gasteiger partial charge in [-0.25, -0.2) is 0 Å². The maximum atomic E-state index is 11.3. The van der Waals surface area contributed by atoms with Crippen molar-refractivity contribution in [1.29, 1.82) is 0 Å². The zero-order valence-electron chi connectivity index (χ0n) is 5.24. The molecule has 1 heterocycles. The van der Waals surface area contributed by atoms with Crippen LogP contribution in [-0.2, 0) is 4.74 Å². The van der Waals surface area contributed by atoms with E-state index in [0.717, 1.165) is 0 Å². The average molecular weight is 155 g/mol. The largest absolute Gasteiger partial charge is 0.522 e. The Hall–Kier alpha value is -0.290. The van der Waals surface area contributed by atoms with Crippen molar-refractivity contribution >= 4 is 0 Å².